The van der Waals surface area contributed by atoms with Crippen LogP contribution in [-0.4, -0.2) is 15.9 Å². The zero-order valence-corrected chi connectivity index (χ0v) is 24.5. The molecule has 0 atom stereocenters. The number of allylic oxidation sites excluding steroid dienone is 2. The molecule has 0 unspecified atom stereocenters. The van der Waals surface area contributed by atoms with Crippen molar-refractivity contribution < 1.29 is 34.4 Å². The molecule has 0 saturated carbocycles. The molecule has 0 bridgehead atoms. The minimum Gasteiger partial charge on any atom is -0.512 e. The maximum Gasteiger partial charge on any atom is 0.217 e. The van der Waals surface area contributed by atoms with Gasteiger partial charge in [0.15, 0.2) is 5.78 Å². The maximum atomic E-state index is 10.0. The minimum atomic E-state index is -0.125. The van der Waals surface area contributed by atoms with Crippen LogP contribution in [-0.2, 0) is 24.9 Å². The number of fused-ring (bicyclic) bond motifs is 1. The third kappa shape index (κ3) is 6.95. The Morgan fingerprint density at radius 1 is 0.895 bits per heavy atom. The fourth-order valence-electron chi connectivity index (χ4n) is 4.48. The fraction of sp³-hybridized carbons (Fsp3) is 0.152. The molecule has 195 valence electrons. The number of ketones is 1. The Morgan fingerprint density at radius 3 is 2.18 bits per heavy atom. The number of aliphatic hydroxyl groups excluding tert-OH is 1. The third-order valence-corrected chi connectivity index (χ3v) is 5.90. The molecule has 3 aromatic carbocycles. The summed E-state index contributed by atoms with van der Waals surface area (Å²) in [5.41, 5.74) is 9.65. The van der Waals surface area contributed by atoms with E-state index in [1.807, 2.05) is 18.2 Å². The van der Waals surface area contributed by atoms with Crippen molar-refractivity contribution in [2.75, 3.05) is 0 Å². The molecule has 38 heavy (non-hydrogen) atoms. The molecule has 1 radical (unpaired) electrons. The molecular weight excluding hydrogens is 651 g/mol. The summed E-state index contributed by atoms with van der Waals surface area (Å²) in [5.74, 6) is 0.805. The average molecular weight is 681 g/mol. The van der Waals surface area contributed by atoms with Gasteiger partial charge >= 0.3 is 0 Å². The van der Waals surface area contributed by atoms with Crippen LogP contribution in [0.5, 0.6) is 0 Å². The standard InChI is InChI=1S/C28H22NO.C5H8O2.Ir/c1-18-14-19(2)27(20(3)15-18)26-17-24-12-13-25(29-28(24)30-26)23-11-7-10-22(16-23)21-8-5-4-6-9-21;1-4(6)3-5(2)7;/h4-10,12-17H,1-3H3;3,6H,1-2H3;/q-1;;/b;4-3-;. The molecule has 0 fully saturated rings. The predicted octanol–water partition coefficient (Wildman–Crippen LogP) is 8.59. The topological polar surface area (TPSA) is 63.3 Å². The smallest absolute Gasteiger partial charge is 0.217 e. The normalized spacial score (nSPS) is 10.9. The summed E-state index contributed by atoms with van der Waals surface area (Å²) in [6.45, 7) is 9.23. The number of carbonyl (C=O) groups is 1. The summed E-state index contributed by atoms with van der Waals surface area (Å²) in [4.78, 5) is 14.8. The SMILES string of the molecule is CC(=O)/C=C(/C)O.Cc1cc(C)c(-c2cc3ccc(-c4[c-]ccc(-c5ccccc5)c4)nc3o2)c(C)c1.[Ir]. The Hall–Kier alpha value is -3.79. The summed E-state index contributed by atoms with van der Waals surface area (Å²) in [6, 6.07) is 30.4. The van der Waals surface area contributed by atoms with Crippen LogP contribution in [0.15, 0.2) is 95.1 Å². The van der Waals surface area contributed by atoms with Crippen molar-refractivity contribution in [1.29, 1.82) is 0 Å². The van der Waals surface area contributed by atoms with Crippen molar-refractivity contribution in [3.8, 4) is 33.7 Å². The fourth-order valence-corrected chi connectivity index (χ4v) is 4.48. The Balaban J connectivity index is 0.000000444. The van der Waals surface area contributed by atoms with Crippen LogP contribution in [0.2, 0.25) is 0 Å². The van der Waals surface area contributed by atoms with Gasteiger partial charge in [0.05, 0.1) is 5.76 Å². The molecular formula is C33H30IrNO3-. The molecule has 5 aromatic rings. The van der Waals surface area contributed by atoms with Crippen molar-refractivity contribution >= 4 is 16.9 Å². The number of hydrogen-bond acceptors (Lipinski definition) is 4. The number of benzene rings is 3. The predicted molar refractivity (Wildman–Crippen MR) is 150 cm³/mol. The Labute approximate surface area is 237 Å². The van der Waals surface area contributed by atoms with Crippen molar-refractivity contribution in [3.63, 3.8) is 0 Å². The van der Waals surface area contributed by atoms with E-state index in [-0.39, 0.29) is 31.6 Å². The number of rotatable bonds is 4. The maximum absolute atomic E-state index is 10.0. The first-order chi connectivity index (χ1) is 17.7. The van der Waals surface area contributed by atoms with Gasteiger partial charge in [-0.3, -0.25) is 9.78 Å². The number of hydrogen-bond donors (Lipinski definition) is 1. The molecule has 5 rings (SSSR count). The molecule has 0 aliphatic carbocycles. The Morgan fingerprint density at radius 2 is 1.58 bits per heavy atom. The van der Waals surface area contributed by atoms with Gasteiger partial charge in [-0.2, -0.15) is 0 Å². The van der Waals surface area contributed by atoms with Crippen LogP contribution in [0.1, 0.15) is 30.5 Å². The first kappa shape index (κ1) is 28.8. The van der Waals surface area contributed by atoms with E-state index in [1.54, 1.807) is 0 Å². The third-order valence-electron chi connectivity index (χ3n) is 5.90. The Kier molecular flexibility index (Phi) is 9.57. The van der Waals surface area contributed by atoms with E-state index in [0.29, 0.717) is 5.71 Å². The molecule has 2 heterocycles. The molecule has 0 saturated heterocycles. The average Bonchev–Trinajstić information content (AvgIpc) is 3.26. The van der Waals surface area contributed by atoms with Crippen LogP contribution in [0, 0.1) is 26.8 Å². The molecule has 0 aliphatic rings. The monoisotopic (exact) mass is 681 g/mol. The number of carbonyl (C=O) groups excluding carboxylic acids is 1. The van der Waals surface area contributed by atoms with Crippen LogP contribution in [0.4, 0.5) is 0 Å². The summed E-state index contributed by atoms with van der Waals surface area (Å²) in [7, 11) is 0. The molecule has 4 nitrogen and oxygen atoms in total. The van der Waals surface area contributed by atoms with E-state index in [1.165, 1.54) is 42.2 Å². The van der Waals surface area contributed by atoms with Crippen LogP contribution in [0.3, 0.4) is 0 Å². The molecule has 1 N–H and O–H groups in total. The zero-order valence-electron chi connectivity index (χ0n) is 22.1. The number of aryl methyl sites for hydroxylation is 3. The van der Waals surface area contributed by atoms with Gasteiger partial charge in [-0.25, -0.2) is 0 Å². The van der Waals surface area contributed by atoms with Crippen molar-refractivity contribution in [2.24, 2.45) is 0 Å². The van der Waals surface area contributed by atoms with Gasteiger partial charge in [0.1, 0.15) is 5.76 Å². The molecule has 2 aromatic heterocycles. The van der Waals surface area contributed by atoms with E-state index in [0.717, 1.165) is 33.5 Å². The quantitative estimate of drug-likeness (QED) is 0.117. The van der Waals surface area contributed by atoms with Crippen molar-refractivity contribution in [1.82, 2.24) is 4.98 Å². The molecule has 0 spiro atoms. The zero-order chi connectivity index (χ0) is 26.5. The summed E-state index contributed by atoms with van der Waals surface area (Å²) < 4.78 is 6.21. The summed E-state index contributed by atoms with van der Waals surface area (Å²) in [5, 5.41) is 9.37. The van der Waals surface area contributed by atoms with E-state index < -0.39 is 0 Å². The summed E-state index contributed by atoms with van der Waals surface area (Å²) in [6.07, 6.45) is 1.17. The molecule has 0 amide bonds. The van der Waals surface area contributed by atoms with E-state index in [9.17, 15) is 4.79 Å². The van der Waals surface area contributed by atoms with E-state index >= 15 is 0 Å². The van der Waals surface area contributed by atoms with Gasteiger partial charge in [0.25, 0.3) is 0 Å². The van der Waals surface area contributed by atoms with Gasteiger partial charge in [-0.05, 0) is 63.1 Å². The first-order valence-electron chi connectivity index (χ1n) is 12.2. The van der Waals surface area contributed by atoms with Crippen LogP contribution in [0.25, 0.3) is 44.8 Å². The van der Waals surface area contributed by atoms with Crippen molar-refractivity contribution in [2.45, 2.75) is 34.6 Å². The minimum absolute atomic E-state index is 0. The second-order valence-electron chi connectivity index (χ2n) is 9.23. The second kappa shape index (κ2) is 12.6. The van der Waals surface area contributed by atoms with Gasteiger partial charge in [-0.1, -0.05) is 60.2 Å². The summed E-state index contributed by atoms with van der Waals surface area (Å²) >= 11 is 0. The van der Waals surface area contributed by atoms with Gasteiger partial charge in [-0.15, -0.1) is 35.4 Å². The number of pyridine rings is 1. The van der Waals surface area contributed by atoms with Gasteiger partial charge in [0.2, 0.25) is 5.71 Å². The molecule has 5 heteroatoms. The second-order valence-corrected chi connectivity index (χ2v) is 9.23. The van der Waals surface area contributed by atoms with Crippen molar-refractivity contribution in [3.05, 3.63) is 113 Å². The van der Waals surface area contributed by atoms with Crippen LogP contribution < -0.4 is 0 Å². The largest absolute Gasteiger partial charge is 0.512 e. The van der Waals surface area contributed by atoms with Gasteiger partial charge in [0, 0.05) is 37.1 Å². The van der Waals surface area contributed by atoms with E-state index in [2.05, 4.69) is 87.5 Å². The first-order valence-corrected chi connectivity index (χ1v) is 12.2. The van der Waals surface area contributed by atoms with Gasteiger partial charge < -0.3 is 9.52 Å². The number of aromatic nitrogens is 1. The number of aliphatic hydroxyl groups is 1. The van der Waals surface area contributed by atoms with E-state index in [4.69, 9.17) is 14.5 Å². The van der Waals surface area contributed by atoms with Crippen LogP contribution >= 0.6 is 0 Å². The number of furan rings is 1. The number of nitrogens with zero attached hydrogens (tertiary/aromatic N) is 1. The Bertz CT molecular complexity index is 1570. The molecule has 0 aliphatic heterocycles.